The summed E-state index contributed by atoms with van der Waals surface area (Å²) in [4.78, 5) is 6.53. The largest absolute Gasteiger partial charge is 0.479 e. The zero-order chi connectivity index (χ0) is 22.9. The summed E-state index contributed by atoms with van der Waals surface area (Å²) < 4.78 is 29.1. The molecule has 2 atom stereocenters. The van der Waals surface area contributed by atoms with Crippen LogP contribution in [0.3, 0.4) is 0 Å². The number of rotatable bonds is 5. The molecule has 8 nitrogen and oxygen atoms in total. The smallest absolute Gasteiger partial charge is 0.250 e. The van der Waals surface area contributed by atoms with E-state index in [4.69, 9.17) is 14.6 Å². The van der Waals surface area contributed by atoms with E-state index in [-0.39, 0.29) is 5.88 Å². The third-order valence-electron chi connectivity index (χ3n) is 6.97. The van der Waals surface area contributed by atoms with Crippen molar-refractivity contribution in [1.82, 2.24) is 29.4 Å². The fourth-order valence-electron chi connectivity index (χ4n) is 4.98. The minimum Gasteiger partial charge on any atom is -0.479 e. The second-order valence-electron chi connectivity index (χ2n) is 9.15. The molecule has 1 saturated heterocycles. The first-order chi connectivity index (χ1) is 16.0. The van der Waals surface area contributed by atoms with Gasteiger partial charge in [-0.25, -0.2) is 14.1 Å². The van der Waals surface area contributed by atoms with Crippen molar-refractivity contribution in [3.05, 3.63) is 41.7 Å². The van der Waals surface area contributed by atoms with Gasteiger partial charge < -0.3 is 14.4 Å². The Kier molecular flexibility index (Phi) is 6.16. The first kappa shape index (κ1) is 22.0. The zero-order valence-corrected chi connectivity index (χ0v) is 19.5. The maximum Gasteiger partial charge on any atom is 0.250 e. The van der Waals surface area contributed by atoms with Crippen molar-refractivity contribution in [1.29, 1.82) is 0 Å². The predicted molar refractivity (Wildman–Crippen MR) is 122 cm³/mol. The van der Waals surface area contributed by atoms with Crippen molar-refractivity contribution in [2.75, 3.05) is 33.9 Å². The maximum absolute atomic E-state index is 14.4. The number of nitrogens with zero attached hydrogens (tertiary/aromatic N) is 6. The van der Waals surface area contributed by atoms with Crippen molar-refractivity contribution in [2.24, 2.45) is 5.92 Å². The van der Waals surface area contributed by atoms with E-state index >= 15 is 0 Å². The summed E-state index contributed by atoms with van der Waals surface area (Å²) >= 11 is 0. The molecule has 3 aromatic heterocycles. The number of halogens is 1. The van der Waals surface area contributed by atoms with Crippen LogP contribution in [0.1, 0.15) is 31.0 Å². The fourth-order valence-corrected chi connectivity index (χ4v) is 4.98. The molecule has 5 rings (SSSR count). The van der Waals surface area contributed by atoms with Gasteiger partial charge in [0, 0.05) is 36.3 Å². The third kappa shape index (κ3) is 4.39. The molecule has 1 fully saturated rings. The Morgan fingerprint density at radius 3 is 2.88 bits per heavy atom. The monoisotopic (exact) mass is 454 g/mol. The van der Waals surface area contributed by atoms with Gasteiger partial charge in [0.15, 0.2) is 5.82 Å². The summed E-state index contributed by atoms with van der Waals surface area (Å²) in [6.07, 6.45) is 9.38. The highest BCUT2D eigenvalue weighted by Gasteiger charge is 2.25. The Balaban J connectivity index is 1.46. The number of likely N-dealkylation sites (tertiary alicyclic amines) is 1. The molecule has 0 saturated carbocycles. The van der Waals surface area contributed by atoms with Crippen LogP contribution in [-0.4, -0.2) is 69.4 Å². The second-order valence-corrected chi connectivity index (χ2v) is 9.15. The van der Waals surface area contributed by atoms with Crippen molar-refractivity contribution >= 4 is 0 Å². The predicted octanol–water partition coefficient (Wildman–Crippen LogP) is 3.12. The molecule has 0 aromatic carbocycles. The minimum atomic E-state index is -0.497. The highest BCUT2D eigenvalue weighted by Crippen LogP contribution is 2.31. The highest BCUT2D eigenvalue weighted by atomic mass is 19.1. The van der Waals surface area contributed by atoms with E-state index in [2.05, 4.69) is 35.2 Å². The van der Waals surface area contributed by atoms with E-state index in [9.17, 15) is 4.39 Å². The molecule has 33 heavy (non-hydrogen) atoms. The minimum absolute atomic E-state index is 0.0166. The lowest BCUT2D eigenvalue weighted by atomic mass is 9.92. The molecular weight excluding hydrogens is 423 g/mol. The molecule has 2 unspecified atom stereocenters. The summed E-state index contributed by atoms with van der Waals surface area (Å²) in [6.45, 7) is 5.58. The van der Waals surface area contributed by atoms with Crippen LogP contribution in [0.5, 0.6) is 5.88 Å². The second kappa shape index (κ2) is 9.23. The standard InChI is InChI=1S/C24H31FN6O2/c1-16-10-17(4-7-29(16)2)14-30-15-19(13-27-30)31-22-6-9-33-8-5-20(22)23(28-31)18-11-21(25)24(32-3)26-12-18/h11-13,15-17H,4-10,14H2,1-3H3. The van der Waals surface area contributed by atoms with Crippen LogP contribution in [0.25, 0.3) is 16.9 Å². The van der Waals surface area contributed by atoms with Crippen molar-refractivity contribution in [3.8, 4) is 22.8 Å². The Morgan fingerprint density at radius 2 is 2.09 bits per heavy atom. The molecule has 0 spiro atoms. The molecule has 2 aliphatic rings. The summed E-state index contributed by atoms with van der Waals surface area (Å²) in [5.41, 5.74) is 4.46. The summed E-state index contributed by atoms with van der Waals surface area (Å²) in [7, 11) is 3.61. The Labute approximate surface area is 193 Å². The van der Waals surface area contributed by atoms with Gasteiger partial charge in [0.05, 0.1) is 44.1 Å². The van der Waals surface area contributed by atoms with Gasteiger partial charge in [0.1, 0.15) is 5.69 Å². The normalized spacial score (nSPS) is 21.6. The summed E-state index contributed by atoms with van der Waals surface area (Å²) in [5, 5.41) is 9.55. The number of fused-ring (bicyclic) bond motifs is 1. The lowest BCUT2D eigenvalue weighted by molar-refractivity contribution is 0.142. The first-order valence-electron chi connectivity index (χ1n) is 11.6. The zero-order valence-electron chi connectivity index (χ0n) is 19.5. The fraction of sp³-hybridized carbons (Fsp3) is 0.542. The first-order valence-corrected chi connectivity index (χ1v) is 11.6. The molecule has 0 radical (unpaired) electrons. The Morgan fingerprint density at radius 1 is 1.24 bits per heavy atom. The third-order valence-corrected chi connectivity index (χ3v) is 6.97. The van der Waals surface area contributed by atoms with Crippen LogP contribution in [0.15, 0.2) is 24.7 Å². The van der Waals surface area contributed by atoms with Crippen molar-refractivity contribution in [2.45, 2.75) is 45.2 Å². The van der Waals surface area contributed by atoms with Gasteiger partial charge >= 0.3 is 0 Å². The van der Waals surface area contributed by atoms with Crippen molar-refractivity contribution in [3.63, 3.8) is 0 Å². The lowest BCUT2D eigenvalue weighted by Crippen LogP contribution is -2.38. The van der Waals surface area contributed by atoms with E-state index in [1.165, 1.54) is 26.0 Å². The molecule has 176 valence electrons. The van der Waals surface area contributed by atoms with Crippen LogP contribution < -0.4 is 4.74 Å². The number of pyridine rings is 1. The van der Waals surface area contributed by atoms with Crippen LogP contribution in [-0.2, 0) is 24.1 Å². The van der Waals surface area contributed by atoms with Gasteiger partial charge in [-0.05, 0) is 51.8 Å². The van der Waals surface area contributed by atoms with Crippen molar-refractivity contribution < 1.29 is 13.9 Å². The number of hydrogen-bond acceptors (Lipinski definition) is 6. The van der Waals surface area contributed by atoms with Crippen LogP contribution in [0.2, 0.25) is 0 Å². The quantitative estimate of drug-likeness (QED) is 0.590. The molecule has 0 bridgehead atoms. The van der Waals surface area contributed by atoms with E-state index in [1.807, 2.05) is 15.6 Å². The number of methoxy groups -OCH3 is 1. The van der Waals surface area contributed by atoms with E-state index in [0.717, 1.165) is 48.6 Å². The molecular formula is C24H31FN6O2. The molecule has 0 aliphatic carbocycles. The molecule has 2 aliphatic heterocycles. The van der Waals surface area contributed by atoms with Crippen LogP contribution >= 0.6 is 0 Å². The average molecular weight is 455 g/mol. The average Bonchev–Trinajstić information content (AvgIpc) is 3.33. The SMILES string of the molecule is COc1ncc(-c2nn(-c3cnn(CC4CCN(C)C(C)C4)c3)c3c2CCOCC3)cc1F. The molecule has 0 amide bonds. The van der Waals surface area contributed by atoms with E-state index in [1.54, 1.807) is 6.20 Å². The lowest BCUT2D eigenvalue weighted by Gasteiger charge is -2.34. The summed E-state index contributed by atoms with van der Waals surface area (Å²) in [6, 6.07) is 2.04. The molecule has 5 heterocycles. The topological polar surface area (TPSA) is 70.2 Å². The van der Waals surface area contributed by atoms with Gasteiger partial charge in [-0.2, -0.15) is 10.2 Å². The van der Waals surface area contributed by atoms with Gasteiger partial charge in [-0.1, -0.05) is 0 Å². The van der Waals surface area contributed by atoms with Gasteiger partial charge in [0.2, 0.25) is 5.88 Å². The van der Waals surface area contributed by atoms with E-state index in [0.29, 0.717) is 30.7 Å². The molecule has 3 aromatic rings. The van der Waals surface area contributed by atoms with Crippen LogP contribution in [0.4, 0.5) is 4.39 Å². The number of hydrogen-bond donors (Lipinski definition) is 0. The Hall–Kier alpha value is -2.78. The molecule has 0 N–H and O–H groups in total. The maximum atomic E-state index is 14.4. The van der Waals surface area contributed by atoms with Gasteiger partial charge in [-0.15, -0.1) is 0 Å². The van der Waals surface area contributed by atoms with Gasteiger partial charge in [0.25, 0.3) is 0 Å². The number of piperidine rings is 1. The Bertz CT molecular complexity index is 1130. The highest BCUT2D eigenvalue weighted by molar-refractivity contribution is 5.65. The summed E-state index contributed by atoms with van der Waals surface area (Å²) in [5.74, 6) is 0.108. The molecule has 9 heteroatoms. The van der Waals surface area contributed by atoms with E-state index < -0.39 is 5.82 Å². The number of ether oxygens (including phenoxy) is 2. The number of aromatic nitrogens is 5. The van der Waals surface area contributed by atoms with Gasteiger partial charge in [-0.3, -0.25) is 4.68 Å². The van der Waals surface area contributed by atoms with Crippen LogP contribution in [0, 0.1) is 11.7 Å².